The maximum atomic E-state index is 11.5. The van der Waals surface area contributed by atoms with Crippen LogP contribution < -0.4 is 0 Å². The zero-order chi connectivity index (χ0) is 12.5. The molecule has 1 saturated carbocycles. The molecule has 2 rings (SSSR count). The molecule has 0 amide bonds. The van der Waals surface area contributed by atoms with Gasteiger partial charge in [0.1, 0.15) is 5.41 Å². The smallest absolute Gasteiger partial charge is 0.315 e. The molecule has 0 radical (unpaired) electrons. The predicted octanol–water partition coefficient (Wildman–Crippen LogP) is 1.65. The number of carboxylic acids is 1. The number of aromatic nitrogens is 1. The lowest BCUT2D eigenvalue weighted by Gasteiger charge is -2.34. The van der Waals surface area contributed by atoms with Crippen LogP contribution in [-0.4, -0.2) is 27.3 Å². The van der Waals surface area contributed by atoms with E-state index in [9.17, 15) is 15.0 Å². The number of carbonyl (C=O) groups is 1. The van der Waals surface area contributed by atoms with Gasteiger partial charge in [-0.1, -0.05) is 6.07 Å². The van der Waals surface area contributed by atoms with Crippen LogP contribution >= 0.6 is 0 Å². The largest absolute Gasteiger partial charge is 0.481 e. The monoisotopic (exact) mass is 235 g/mol. The first-order valence-corrected chi connectivity index (χ1v) is 5.89. The van der Waals surface area contributed by atoms with E-state index in [-0.39, 0.29) is 6.10 Å². The van der Waals surface area contributed by atoms with Gasteiger partial charge < -0.3 is 10.2 Å². The first kappa shape index (κ1) is 12.0. The minimum absolute atomic E-state index is 0.368. The fraction of sp³-hybridized carbons (Fsp3) is 0.538. The van der Waals surface area contributed by atoms with Crippen molar-refractivity contribution in [2.45, 2.75) is 44.1 Å². The maximum absolute atomic E-state index is 11.5. The van der Waals surface area contributed by atoms with E-state index in [1.54, 1.807) is 12.3 Å². The number of pyridine rings is 1. The Morgan fingerprint density at radius 3 is 2.53 bits per heavy atom. The van der Waals surface area contributed by atoms with Crippen molar-refractivity contribution in [2.24, 2.45) is 0 Å². The number of carboxylic acid groups (broad SMARTS) is 1. The zero-order valence-corrected chi connectivity index (χ0v) is 9.89. The number of hydrogen-bond donors (Lipinski definition) is 2. The van der Waals surface area contributed by atoms with Crippen LogP contribution in [0.4, 0.5) is 0 Å². The Morgan fingerprint density at radius 2 is 2.06 bits per heavy atom. The van der Waals surface area contributed by atoms with Gasteiger partial charge in [0, 0.05) is 6.20 Å². The fourth-order valence-corrected chi connectivity index (χ4v) is 2.43. The molecule has 1 aliphatic rings. The Morgan fingerprint density at radius 1 is 1.41 bits per heavy atom. The molecule has 17 heavy (non-hydrogen) atoms. The van der Waals surface area contributed by atoms with E-state index in [2.05, 4.69) is 4.98 Å². The zero-order valence-electron chi connectivity index (χ0n) is 9.89. The van der Waals surface area contributed by atoms with Crippen LogP contribution in [0.3, 0.4) is 0 Å². The third-order valence-corrected chi connectivity index (χ3v) is 3.62. The lowest BCUT2D eigenvalue weighted by molar-refractivity contribution is -0.146. The number of hydrogen-bond acceptors (Lipinski definition) is 3. The molecule has 1 heterocycles. The summed E-state index contributed by atoms with van der Waals surface area (Å²) in [5.74, 6) is -0.833. The SMILES string of the molecule is Cc1ccc(C2(C(=O)O)CCC(O)CC2)nc1. The van der Waals surface area contributed by atoms with Crippen molar-refractivity contribution in [3.63, 3.8) is 0 Å². The van der Waals surface area contributed by atoms with Gasteiger partial charge >= 0.3 is 5.97 Å². The van der Waals surface area contributed by atoms with Crippen LogP contribution in [0, 0.1) is 6.92 Å². The number of aliphatic carboxylic acids is 1. The number of aryl methyl sites for hydroxylation is 1. The summed E-state index contributed by atoms with van der Waals surface area (Å²) in [7, 11) is 0. The van der Waals surface area contributed by atoms with Crippen molar-refractivity contribution in [3.05, 3.63) is 29.6 Å². The summed E-state index contributed by atoms with van der Waals surface area (Å²) in [5, 5.41) is 19.0. The molecular weight excluding hydrogens is 218 g/mol. The molecule has 0 aromatic carbocycles. The van der Waals surface area contributed by atoms with Crippen molar-refractivity contribution in [2.75, 3.05) is 0 Å². The Kier molecular flexibility index (Phi) is 3.15. The molecule has 0 saturated heterocycles. The highest BCUT2D eigenvalue weighted by molar-refractivity contribution is 5.80. The van der Waals surface area contributed by atoms with Gasteiger partial charge in [0.15, 0.2) is 0 Å². The van der Waals surface area contributed by atoms with Gasteiger partial charge in [-0.15, -0.1) is 0 Å². The van der Waals surface area contributed by atoms with Gasteiger partial charge in [-0.25, -0.2) is 0 Å². The first-order chi connectivity index (χ1) is 8.04. The molecule has 92 valence electrons. The van der Waals surface area contributed by atoms with Crippen LogP contribution in [-0.2, 0) is 10.2 Å². The van der Waals surface area contributed by atoms with Crippen LogP contribution in [0.25, 0.3) is 0 Å². The molecule has 4 heteroatoms. The molecule has 0 aliphatic heterocycles. The summed E-state index contributed by atoms with van der Waals surface area (Å²) in [4.78, 5) is 15.8. The number of nitrogens with zero attached hydrogens (tertiary/aromatic N) is 1. The van der Waals surface area contributed by atoms with E-state index in [0.717, 1.165) is 5.56 Å². The van der Waals surface area contributed by atoms with E-state index in [0.29, 0.717) is 31.4 Å². The quantitative estimate of drug-likeness (QED) is 0.817. The molecule has 1 aromatic rings. The molecule has 0 bridgehead atoms. The highest BCUT2D eigenvalue weighted by atomic mass is 16.4. The summed E-state index contributed by atoms with van der Waals surface area (Å²) in [5.41, 5.74) is 0.722. The minimum atomic E-state index is -0.910. The lowest BCUT2D eigenvalue weighted by atomic mass is 9.70. The van der Waals surface area contributed by atoms with Crippen molar-refractivity contribution in [3.8, 4) is 0 Å². The van der Waals surface area contributed by atoms with E-state index in [1.807, 2.05) is 13.0 Å². The third-order valence-electron chi connectivity index (χ3n) is 3.62. The number of aliphatic hydroxyl groups is 1. The molecule has 0 spiro atoms. The van der Waals surface area contributed by atoms with Gasteiger partial charge in [-0.05, 0) is 44.2 Å². The predicted molar refractivity (Wildman–Crippen MR) is 62.8 cm³/mol. The van der Waals surface area contributed by atoms with Crippen molar-refractivity contribution < 1.29 is 15.0 Å². The lowest BCUT2D eigenvalue weighted by Crippen LogP contribution is -2.41. The first-order valence-electron chi connectivity index (χ1n) is 5.89. The van der Waals surface area contributed by atoms with E-state index in [1.165, 1.54) is 0 Å². The van der Waals surface area contributed by atoms with E-state index < -0.39 is 11.4 Å². The second kappa shape index (κ2) is 4.45. The van der Waals surface area contributed by atoms with E-state index >= 15 is 0 Å². The molecule has 1 aliphatic carbocycles. The second-order valence-corrected chi connectivity index (χ2v) is 4.84. The number of aliphatic hydroxyl groups excluding tert-OH is 1. The molecule has 1 fully saturated rings. The highest BCUT2D eigenvalue weighted by Crippen LogP contribution is 2.38. The standard InChI is InChI=1S/C13H17NO3/c1-9-2-3-11(14-8-9)13(12(16)17)6-4-10(15)5-7-13/h2-3,8,10,15H,4-7H2,1H3,(H,16,17). The van der Waals surface area contributed by atoms with Crippen LogP contribution in [0.5, 0.6) is 0 Å². The Balaban J connectivity index is 2.35. The molecule has 0 atom stereocenters. The van der Waals surface area contributed by atoms with Crippen molar-refractivity contribution in [1.29, 1.82) is 0 Å². The summed E-state index contributed by atoms with van der Waals surface area (Å²) in [6.07, 6.45) is 3.31. The third kappa shape index (κ3) is 2.17. The fourth-order valence-electron chi connectivity index (χ4n) is 2.43. The Labute approximate surface area is 100 Å². The normalized spacial score (nSPS) is 28.9. The average Bonchev–Trinajstić information content (AvgIpc) is 2.31. The van der Waals surface area contributed by atoms with Gasteiger partial charge in [-0.2, -0.15) is 0 Å². The van der Waals surface area contributed by atoms with Crippen LogP contribution in [0.2, 0.25) is 0 Å². The summed E-state index contributed by atoms with van der Waals surface area (Å²) < 4.78 is 0. The van der Waals surface area contributed by atoms with Gasteiger partial charge in [0.25, 0.3) is 0 Å². The van der Waals surface area contributed by atoms with E-state index in [4.69, 9.17) is 0 Å². The Hall–Kier alpha value is -1.42. The topological polar surface area (TPSA) is 70.4 Å². The van der Waals surface area contributed by atoms with Gasteiger partial charge in [-0.3, -0.25) is 9.78 Å². The second-order valence-electron chi connectivity index (χ2n) is 4.84. The summed E-state index contributed by atoms with van der Waals surface area (Å²) in [6, 6.07) is 3.68. The van der Waals surface area contributed by atoms with Gasteiger partial charge in [0.2, 0.25) is 0 Å². The summed E-state index contributed by atoms with van der Waals surface area (Å²) in [6.45, 7) is 1.93. The van der Waals surface area contributed by atoms with Crippen LogP contribution in [0.15, 0.2) is 18.3 Å². The van der Waals surface area contributed by atoms with Gasteiger partial charge in [0.05, 0.1) is 11.8 Å². The molecule has 4 nitrogen and oxygen atoms in total. The minimum Gasteiger partial charge on any atom is -0.481 e. The van der Waals surface area contributed by atoms with Crippen molar-refractivity contribution >= 4 is 5.97 Å². The molecule has 0 unspecified atom stereocenters. The number of rotatable bonds is 2. The van der Waals surface area contributed by atoms with Crippen LogP contribution in [0.1, 0.15) is 36.9 Å². The maximum Gasteiger partial charge on any atom is 0.315 e. The Bertz CT molecular complexity index is 405. The molecule has 1 aromatic heterocycles. The summed E-state index contributed by atoms with van der Waals surface area (Å²) >= 11 is 0. The van der Waals surface area contributed by atoms with Crippen molar-refractivity contribution in [1.82, 2.24) is 4.98 Å². The molecular formula is C13H17NO3. The molecule has 2 N–H and O–H groups in total. The highest BCUT2D eigenvalue weighted by Gasteiger charge is 2.44. The average molecular weight is 235 g/mol.